The van der Waals surface area contributed by atoms with Crippen LogP contribution in [0.1, 0.15) is 46.1 Å². The number of carbonyl (C=O) groups excluding carboxylic acids is 2. The molecule has 2 aromatic carbocycles. The van der Waals surface area contributed by atoms with Crippen molar-refractivity contribution in [3.8, 4) is 11.5 Å². The van der Waals surface area contributed by atoms with Crippen molar-refractivity contribution in [1.29, 1.82) is 0 Å². The lowest BCUT2D eigenvalue weighted by molar-refractivity contribution is 0.0479. The third kappa shape index (κ3) is 11.3. The van der Waals surface area contributed by atoms with Crippen LogP contribution in [0, 0.1) is 5.82 Å². The molecule has 2 amide bonds. The summed E-state index contributed by atoms with van der Waals surface area (Å²) < 4.78 is 68.8. The van der Waals surface area contributed by atoms with Gasteiger partial charge in [0.1, 0.15) is 40.7 Å². The third-order valence-corrected chi connectivity index (χ3v) is 9.24. The molecule has 0 aliphatic heterocycles. The summed E-state index contributed by atoms with van der Waals surface area (Å²) in [5.74, 6) is -0.138. The zero-order chi connectivity index (χ0) is 35.5. The molecule has 3 N–H and O–H groups in total. The van der Waals surface area contributed by atoms with E-state index in [4.69, 9.17) is 30.5 Å². The number of carbonyl (C=O) groups is 2. The Morgan fingerprint density at radius 3 is 2.46 bits per heavy atom. The number of benzene rings is 2. The number of ether oxygens (including phenoxy) is 4. The van der Waals surface area contributed by atoms with E-state index in [1.54, 1.807) is 45.9 Å². The van der Waals surface area contributed by atoms with E-state index < -0.39 is 44.6 Å². The Balaban J connectivity index is 1.55. The molecule has 0 saturated carbocycles. The van der Waals surface area contributed by atoms with Gasteiger partial charge in [-0.1, -0.05) is 11.6 Å². The number of halogens is 2. The molecule has 0 fully saturated rings. The van der Waals surface area contributed by atoms with Gasteiger partial charge in [-0.15, -0.1) is 0 Å². The first-order valence-corrected chi connectivity index (χ1v) is 17.4. The van der Waals surface area contributed by atoms with Crippen LogP contribution in [0.5, 0.6) is 11.5 Å². The molecule has 1 heterocycles. The molecule has 0 bridgehead atoms. The summed E-state index contributed by atoms with van der Waals surface area (Å²) in [6.45, 7) is 7.28. The number of nitrogens with one attached hydrogen (secondary N) is 3. The van der Waals surface area contributed by atoms with Gasteiger partial charge in [0, 0.05) is 36.3 Å². The molecule has 18 heteroatoms. The number of sulfonamides is 1. The van der Waals surface area contributed by atoms with Crippen LogP contribution in [0.3, 0.4) is 0 Å². The van der Waals surface area contributed by atoms with E-state index in [9.17, 15) is 18.0 Å². The number of aromatic nitrogens is 2. The number of alkyl carbamates (subject to hydrolysis) is 2. The summed E-state index contributed by atoms with van der Waals surface area (Å²) >= 11 is 7.24. The topological polar surface area (TPSA) is 170 Å². The summed E-state index contributed by atoms with van der Waals surface area (Å²) in [7, 11) is -1.58. The summed E-state index contributed by atoms with van der Waals surface area (Å²) in [5, 5.41) is 8.20. The van der Waals surface area contributed by atoms with E-state index in [0.717, 1.165) is 28.0 Å². The van der Waals surface area contributed by atoms with E-state index in [2.05, 4.69) is 25.3 Å². The molecule has 3 rings (SSSR count). The minimum Gasteiger partial charge on any atom is -0.497 e. The Labute approximate surface area is 288 Å². The number of hydrogen-bond acceptors (Lipinski definition) is 12. The van der Waals surface area contributed by atoms with Gasteiger partial charge in [0.25, 0.3) is 10.0 Å². The molecule has 1 atom stereocenters. The van der Waals surface area contributed by atoms with Crippen molar-refractivity contribution in [3.05, 3.63) is 53.1 Å². The summed E-state index contributed by atoms with van der Waals surface area (Å²) in [6, 6.07) is 6.51. The van der Waals surface area contributed by atoms with Gasteiger partial charge in [-0.2, -0.15) is 4.37 Å². The van der Waals surface area contributed by atoms with Gasteiger partial charge in [-0.3, -0.25) is 0 Å². The van der Waals surface area contributed by atoms with E-state index in [1.807, 2.05) is 0 Å². The molecule has 48 heavy (non-hydrogen) atoms. The molecule has 1 unspecified atom stereocenters. The van der Waals surface area contributed by atoms with Crippen LogP contribution in [0.25, 0.3) is 0 Å². The second-order valence-electron chi connectivity index (χ2n) is 11.4. The van der Waals surface area contributed by atoms with Crippen molar-refractivity contribution in [2.24, 2.45) is 0 Å². The van der Waals surface area contributed by atoms with Gasteiger partial charge in [0.15, 0.2) is 0 Å². The Morgan fingerprint density at radius 1 is 1.08 bits per heavy atom. The molecule has 0 saturated heterocycles. The number of rotatable bonds is 16. The third-order valence-electron chi connectivity index (χ3n) is 6.38. The molecule has 264 valence electrons. The minimum absolute atomic E-state index is 0.00923. The average molecular weight is 731 g/mol. The Hall–Kier alpha value is -4.09. The molecule has 0 aliphatic rings. The van der Waals surface area contributed by atoms with Crippen LogP contribution in [0.15, 0.2) is 41.6 Å². The predicted octanol–water partition coefficient (Wildman–Crippen LogP) is 5.57. The van der Waals surface area contributed by atoms with E-state index in [0.29, 0.717) is 43.0 Å². The number of methoxy groups -OCH3 is 2. The molecular formula is C30H40ClFN6O8S2. The van der Waals surface area contributed by atoms with Gasteiger partial charge in [-0.05, 0) is 64.8 Å². The fraction of sp³-hybridized carbons (Fsp3) is 0.467. The maximum Gasteiger partial charge on any atom is 0.407 e. The number of hydrogen-bond donors (Lipinski definition) is 3. The summed E-state index contributed by atoms with van der Waals surface area (Å²) in [6.07, 6.45) is 1.06. The molecule has 1 aromatic heterocycles. The van der Waals surface area contributed by atoms with Crippen molar-refractivity contribution in [1.82, 2.24) is 20.0 Å². The quantitative estimate of drug-likeness (QED) is 0.157. The lowest BCUT2D eigenvalue weighted by atomic mass is 10.2. The number of anilines is 2. The van der Waals surface area contributed by atoms with E-state index >= 15 is 4.39 Å². The molecule has 3 aromatic rings. The second-order valence-corrected chi connectivity index (χ2v) is 14.4. The number of amides is 2. The van der Waals surface area contributed by atoms with Crippen molar-refractivity contribution < 1.29 is 41.3 Å². The smallest absolute Gasteiger partial charge is 0.407 e. The zero-order valence-corrected chi connectivity index (χ0v) is 29.9. The molecular weight excluding hydrogens is 691 g/mol. The first kappa shape index (κ1) is 38.4. The van der Waals surface area contributed by atoms with E-state index in [1.165, 1.54) is 20.5 Å². The van der Waals surface area contributed by atoms with Crippen LogP contribution >= 0.6 is 23.1 Å². The van der Waals surface area contributed by atoms with Gasteiger partial charge < -0.3 is 34.9 Å². The van der Waals surface area contributed by atoms with Crippen LogP contribution in [-0.2, 0) is 26.0 Å². The molecule has 0 spiro atoms. The Bertz CT molecular complexity index is 1640. The van der Waals surface area contributed by atoms with Crippen LogP contribution < -0.4 is 29.7 Å². The van der Waals surface area contributed by atoms with Crippen molar-refractivity contribution in [3.63, 3.8) is 0 Å². The normalized spacial score (nSPS) is 12.1. The fourth-order valence-electron chi connectivity index (χ4n) is 4.12. The Morgan fingerprint density at radius 2 is 1.81 bits per heavy atom. The first-order chi connectivity index (χ1) is 22.6. The van der Waals surface area contributed by atoms with Crippen molar-refractivity contribution in [2.45, 2.75) is 63.6 Å². The molecule has 0 radical (unpaired) electrons. The fourth-order valence-corrected chi connectivity index (χ4v) is 6.62. The zero-order valence-electron chi connectivity index (χ0n) is 27.5. The highest BCUT2D eigenvalue weighted by molar-refractivity contribution is 7.93. The maximum absolute atomic E-state index is 15.4. The second kappa shape index (κ2) is 17.3. The number of unbranched alkanes of at least 4 members (excludes halogenated alkanes) is 1. The highest BCUT2D eigenvalue weighted by Crippen LogP contribution is 2.35. The average Bonchev–Trinajstić information content (AvgIpc) is 3.55. The van der Waals surface area contributed by atoms with Crippen LogP contribution in [0.4, 0.5) is 24.8 Å². The van der Waals surface area contributed by atoms with E-state index in [-0.39, 0.29) is 29.0 Å². The minimum atomic E-state index is -4.51. The van der Waals surface area contributed by atoms with Gasteiger partial charge in [0.05, 0.1) is 37.5 Å². The van der Waals surface area contributed by atoms with Gasteiger partial charge >= 0.3 is 12.2 Å². The van der Waals surface area contributed by atoms with Gasteiger partial charge in [0.2, 0.25) is 5.13 Å². The highest BCUT2D eigenvalue weighted by atomic mass is 35.5. The van der Waals surface area contributed by atoms with Gasteiger partial charge in [-0.25, -0.2) is 31.7 Å². The van der Waals surface area contributed by atoms with Crippen LogP contribution in [0.2, 0.25) is 5.02 Å². The summed E-state index contributed by atoms with van der Waals surface area (Å²) in [4.78, 5) is 27.2. The standard InChI is InChI=1S/C30H40ClFN6O8S2/c1-19(37-29(40)46-30(2,3)4)17-45-28(39)34-12-8-7-11-33-24-15-23(32)26(14-22(24)31)48(41,42)38(27-35-18-36-47-27)16-20-9-10-21(43-5)13-25(20)44-6/h9-10,13-15,18-19,33H,7-8,11-12,16-17H2,1-6H3,(H,34,39)(H,37,40). The lowest BCUT2D eigenvalue weighted by Gasteiger charge is -2.23. The van der Waals surface area contributed by atoms with Crippen molar-refractivity contribution in [2.75, 3.05) is 43.5 Å². The molecule has 0 aliphatic carbocycles. The largest absolute Gasteiger partial charge is 0.497 e. The highest BCUT2D eigenvalue weighted by Gasteiger charge is 2.32. The SMILES string of the molecule is COc1ccc(CN(c2ncns2)S(=O)(=O)c2cc(Cl)c(NCCCCNC(=O)OCC(C)NC(=O)OC(C)(C)C)cc2F)c(OC)c1. The number of nitrogens with zero attached hydrogens (tertiary/aromatic N) is 3. The monoisotopic (exact) mass is 730 g/mol. The van der Waals surface area contributed by atoms with Crippen molar-refractivity contribution >= 4 is 56.2 Å². The summed E-state index contributed by atoms with van der Waals surface area (Å²) in [5.41, 5.74) is 0.0392. The molecule has 14 nitrogen and oxygen atoms in total. The predicted molar refractivity (Wildman–Crippen MR) is 180 cm³/mol. The van der Waals surface area contributed by atoms with Crippen LogP contribution in [-0.4, -0.2) is 75.5 Å². The Kier molecular flexibility index (Phi) is 13.9. The maximum atomic E-state index is 15.4. The lowest BCUT2D eigenvalue weighted by Crippen LogP contribution is -2.41. The first-order valence-electron chi connectivity index (χ1n) is 14.8.